The molecule has 24 heavy (non-hydrogen) atoms. The molecule has 3 heterocycles. The van der Waals surface area contributed by atoms with Gasteiger partial charge in [0.2, 0.25) is 0 Å². The monoisotopic (exact) mass is 343 g/mol. The SMILES string of the molecule is Cc1nc(N2CCOCC2)c2c(C)nn(-c3ccccc3Cl)c2n1. The summed E-state index contributed by atoms with van der Waals surface area (Å²) < 4.78 is 7.27. The average Bonchev–Trinajstić information content (AvgIpc) is 2.92. The topological polar surface area (TPSA) is 56.1 Å². The van der Waals surface area contributed by atoms with Gasteiger partial charge in [0, 0.05) is 13.1 Å². The van der Waals surface area contributed by atoms with Crippen molar-refractivity contribution in [1.29, 1.82) is 0 Å². The van der Waals surface area contributed by atoms with Crippen LogP contribution in [-0.2, 0) is 4.74 Å². The average molecular weight is 344 g/mol. The van der Waals surface area contributed by atoms with Crippen LogP contribution in [0.3, 0.4) is 0 Å². The molecule has 0 bridgehead atoms. The number of anilines is 1. The Balaban J connectivity index is 1.96. The molecule has 1 saturated heterocycles. The molecule has 3 aromatic rings. The number of benzene rings is 1. The second kappa shape index (κ2) is 6.03. The maximum absolute atomic E-state index is 6.37. The Morgan fingerprint density at radius 1 is 1.08 bits per heavy atom. The van der Waals surface area contributed by atoms with Gasteiger partial charge in [0.15, 0.2) is 5.65 Å². The van der Waals surface area contributed by atoms with Gasteiger partial charge < -0.3 is 9.64 Å². The molecule has 0 spiro atoms. The lowest BCUT2D eigenvalue weighted by atomic mass is 10.2. The molecule has 0 unspecified atom stereocenters. The first-order valence-electron chi connectivity index (χ1n) is 7.96. The van der Waals surface area contributed by atoms with Crippen LogP contribution in [0.25, 0.3) is 16.7 Å². The molecular formula is C17H18ClN5O. The van der Waals surface area contributed by atoms with Gasteiger partial charge in [-0.1, -0.05) is 23.7 Å². The highest BCUT2D eigenvalue weighted by atomic mass is 35.5. The molecule has 0 N–H and O–H groups in total. The first kappa shape index (κ1) is 15.4. The van der Waals surface area contributed by atoms with Crippen LogP contribution in [-0.4, -0.2) is 46.1 Å². The highest BCUT2D eigenvalue weighted by Gasteiger charge is 2.22. The van der Waals surface area contributed by atoms with Crippen LogP contribution in [0.2, 0.25) is 5.02 Å². The summed E-state index contributed by atoms with van der Waals surface area (Å²) in [5, 5.41) is 6.31. The van der Waals surface area contributed by atoms with Crippen molar-refractivity contribution in [3.63, 3.8) is 0 Å². The number of aromatic nitrogens is 4. The van der Waals surface area contributed by atoms with Crippen molar-refractivity contribution in [1.82, 2.24) is 19.7 Å². The van der Waals surface area contributed by atoms with Gasteiger partial charge in [0.05, 0.1) is 35.0 Å². The van der Waals surface area contributed by atoms with Crippen molar-refractivity contribution in [2.75, 3.05) is 31.2 Å². The van der Waals surface area contributed by atoms with Crippen molar-refractivity contribution in [3.05, 3.63) is 40.8 Å². The quantitative estimate of drug-likeness (QED) is 0.716. The molecule has 124 valence electrons. The minimum Gasteiger partial charge on any atom is -0.378 e. The molecule has 0 amide bonds. The Morgan fingerprint density at radius 3 is 2.58 bits per heavy atom. The summed E-state index contributed by atoms with van der Waals surface area (Å²) in [6, 6.07) is 7.65. The fourth-order valence-electron chi connectivity index (χ4n) is 3.06. The minimum atomic E-state index is 0.645. The third-order valence-electron chi connectivity index (χ3n) is 4.19. The highest BCUT2D eigenvalue weighted by Crippen LogP contribution is 2.31. The summed E-state index contributed by atoms with van der Waals surface area (Å²) in [5.74, 6) is 1.65. The van der Waals surface area contributed by atoms with Crippen LogP contribution in [0.1, 0.15) is 11.5 Å². The van der Waals surface area contributed by atoms with Crippen LogP contribution in [0.15, 0.2) is 24.3 Å². The van der Waals surface area contributed by atoms with Crippen molar-refractivity contribution in [2.24, 2.45) is 0 Å². The Bertz CT molecular complexity index is 901. The Kier molecular flexibility index (Phi) is 3.86. The molecule has 0 aliphatic carbocycles. The van der Waals surface area contributed by atoms with Crippen LogP contribution in [0.5, 0.6) is 0 Å². The number of rotatable bonds is 2. The van der Waals surface area contributed by atoms with E-state index < -0.39 is 0 Å². The van der Waals surface area contributed by atoms with Gasteiger partial charge >= 0.3 is 0 Å². The summed E-state index contributed by atoms with van der Waals surface area (Å²) in [6.07, 6.45) is 0. The summed E-state index contributed by atoms with van der Waals surface area (Å²) in [6.45, 7) is 6.95. The zero-order valence-electron chi connectivity index (χ0n) is 13.7. The highest BCUT2D eigenvalue weighted by molar-refractivity contribution is 6.32. The third-order valence-corrected chi connectivity index (χ3v) is 4.51. The van der Waals surface area contributed by atoms with Crippen molar-refractivity contribution in [2.45, 2.75) is 13.8 Å². The lowest BCUT2D eigenvalue weighted by molar-refractivity contribution is 0.122. The van der Waals surface area contributed by atoms with E-state index in [1.807, 2.05) is 42.8 Å². The fraction of sp³-hybridized carbons (Fsp3) is 0.353. The molecule has 4 rings (SSSR count). The molecule has 1 aromatic carbocycles. The maximum Gasteiger partial charge on any atom is 0.169 e. The van der Waals surface area contributed by atoms with E-state index in [1.165, 1.54) is 0 Å². The van der Waals surface area contributed by atoms with E-state index >= 15 is 0 Å². The van der Waals surface area contributed by atoms with E-state index in [9.17, 15) is 0 Å². The second-order valence-corrected chi connectivity index (χ2v) is 6.25. The number of halogens is 1. The van der Waals surface area contributed by atoms with Gasteiger partial charge in [-0.2, -0.15) is 5.10 Å². The smallest absolute Gasteiger partial charge is 0.169 e. The minimum absolute atomic E-state index is 0.645. The van der Waals surface area contributed by atoms with Gasteiger partial charge in [0.1, 0.15) is 11.6 Å². The van der Waals surface area contributed by atoms with Crippen molar-refractivity contribution < 1.29 is 4.74 Å². The van der Waals surface area contributed by atoms with Gasteiger partial charge in [-0.15, -0.1) is 0 Å². The standard InChI is InChI=1S/C17H18ClN5O/c1-11-15-16(22-7-9-24-10-8-22)19-12(2)20-17(15)23(21-11)14-6-4-3-5-13(14)18/h3-6H,7-10H2,1-2H3. The van der Waals surface area contributed by atoms with E-state index in [-0.39, 0.29) is 0 Å². The van der Waals surface area contributed by atoms with Crippen molar-refractivity contribution >= 4 is 28.5 Å². The number of hydrogen-bond donors (Lipinski definition) is 0. The molecule has 2 aromatic heterocycles. The number of para-hydroxylation sites is 1. The molecule has 1 aliphatic rings. The van der Waals surface area contributed by atoms with Crippen LogP contribution < -0.4 is 4.90 Å². The van der Waals surface area contributed by atoms with E-state index in [0.717, 1.165) is 47.1 Å². The van der Waals surface area contributed by atoms with Crippen LogP contribution in [0, 0.1) is 13.8 Å². The number of fused-ring (bicyclic) bond motifs is 1. The first-order valence-corrected chi connectivity index (χ1v) is 8.34. The molecule has 0 atom stereocenters. The molecule has 7 heteroatoms. The second-order valence-electron chi connectivity index (χ2n) is 5.84. The molecule has 1 aliphatic heterocycles. The normalized spacial score (nSPS) is 15.2. The Labute approximate surface area is 145 Å². The number of aryl methyl sites for hydroxylation is 2. The molecule has 6 nitrogen and oxygen atoms in total. The Hall–Kier alpha value is -2.18. The van der Waals surface area contributed by atoms with E-state index in [1.54, 1.807) is 0 Å². The number of hydrogen-bond acceptors (Lipinski definition) is 5. The van der Waals surface area contributed by atoms with Gasteiger partial charge in [0.25, 0.3) is 0 Å². The summed E-state index contributed by atoms with van der Waals surface area (Å²) >= 11 is 6.37. The number of ether oxygens (including phenoxy) is 1. The van der Waals surface area contributed by atoms with Crippen molar-refractivity contribution in [3.8, 4) is 5.69 Å². The van der Waals surface area contributed by atoms with Gasteiger partial charge in [-0.25, -0.2) is 14.6 Å². The summed E-state index contributed by atoms with van der Waals surface area (Å²) in [4.78, 5) is 11.6. The predicted octanol–water partition coefficient (Wildman–Crippen LogP) is 2.92. The molecule has 0 radical (unpaired) electrons. The van der Waals surface area contributed by atoms with E-state index in [4.69, 9.17) is 16.3 Å². The first-order chi connectivity index (χ1) is 11.6. The van der Waals surface area contributed by atoms with Gasteiger partial charge in [-0.05, 0) is 26.0 Å². The predicted molar refractivity (Wildman–Crippen MR) is 94.2 cm³/mol. The number of morpholine rings is 1. The maximum atomic E-state index is 6.37. The lowest BCUT2D eigenvalue weighted by Gasteiger charge is -2.28. The van der Waals surface area contributed by atoms with Crippen LogP contribution >= 0.6 is 11.6 Å². The van der Waals surface area contributed by atoms with E-state index in [0.29, 0.717) is 18.2 Å². The molecular weight excluding hydrogens is 326 g/mol. The van der Waals surface area contributed by atoms with Crippen LogP contribution in [0.4, 0.5) is 5.82 Å². The van der Waals surface area contributed by atoms with E-state index in [2.05, 4.69) is 20.0 Å². The zero-order chi connectivity index (χ0) is 16.7. The third kappa shape index (κ3) is 2.52. The number of nitrogens with zero attached hydrogens (tertiary/aromatic N) is 5. The summed E-state index contributed by atoms with van der Waals surface area (Å²) in [5.41, 5.74) is 2.50. The fourth-order valence-corrected chi connectivity index (χ4v) is 3.28. The largest absolute Gasteiger partial charge is 0.378 e. The summed E-state index contributed by atoms with van der Waals surface area (Å²) in [7, 11) is 0. The lowest BCUT2D eigenvalue weighted by Crippen LogP contribution is -2.37. The van der Waals surface area contributed by atoms with Gasteiger partial charge in [-0.3, -0.25) is 0 Å². The molecule has 0 saturated carbocycles. The molecule has 1 fully saturated rings. The Morgan fingerprint density at radius 2 is 1.83 bits per heavy atom. The zero-order valence-corrected chi connectivity index (χ0v) is 14.4.